The average molecular weight is 306 g/mol. The first-order valence-electron chi connectivity index (χ1n) is 8.68. The summed E-state index contributed by atoms with van der Waals surface area (Å²) in [5, 5.41) is 0. The Labute approximate surface area is 133 Å². The van der Waals surface area contributed by atoms with Gasteiger partial charge >= 0.3 is 0 Å². The molecule has 122 valence electrons. The van der Waals surface area contributed by atoms with Gasteiger partial charge in [-0.3, -0.25) is 0 Å². The molecule has 0 aliphatic carbocycles. The number of nitrogens with one attached hydrogen (secondary N) is 1. The first-order chi connectivity index (χ1) is 9.45. The summed E-state index contributed by atoms with van der Waals surface area (Å²) in [6.07, 6.45) is 9.10. The Bertz CT molecular complexity index is 207. The molecule has 0 saturated heterocycles. The van der Waals surface area contributed by atoms with Crippen molar-refractivity contribution in [3.63, 3.8) is 0 Å². The molecular weight excluding hydrogens is 268 g/mol. The van der Waals surface area contributed by atoms with Crippen LogP contribution in [-0.2, 0) is 0 Å². The average Bonchev–Trinajstić information content (AvgIpc) is 2.46. The van der Waals surface area contributed by atoms with Crippen LogP contribution in [0.25, 0.3) is 0 Å². The summed E-state index contributed by atoms with van der Waals surface area (Å²) in [7, 11) is 0. The Morgan fingerprint density at radius 1 is 0.800 bits per heavy atom. The second kappa shape index (κ2) is 10.9. The normalized spacial score (nSPS) is 12.9. The SMILES string of the molecule is CCCC[N+](CCCC)(CCCC)CCC(C)(C)NCl. The predicted octanol–water partition coefficient (Wildman–Crippen LogP) is 5.12. The van der Waals surface area contributed by atoms with Gasteiger partial charge in [0.05, 0.1) is 26.2 Å². The molecule has 0 fully saturated rings. The van der Waals surface area contributed by atoms with E-state index in [9.17, 15) is 0 Å². The van der Waals surface area contributed by atoms with Crippen LogP contribution in [0.15, 0.2) is 0 Å². The van der Waals surface area contributed by atoms with Crippen molar-refractivity contribution in [2.24, 2.45) is 0 Å². The quantitative estimate of drug-likeness (QED) is 0.368. The lowest BCUT2D eigenvalue weighted by Gasteiger charge is -2.41. The van der Waals surface area contributed by atoms with E-state index < -0.39 is 0 Å². The summed E-state index contributed by atoms with van der Waals surface area (Å²) >= 11 is 5.88. The molecule has 0 heterocycles. The van der Waals surface area contributed by atoms with E-state index in [4.69, 9.17) is 11.8 Å². The minimum Gasteiger partial charge on any atom is -0.324 e. The molecule has 3 heteroatoms. The molecular formula is C17H38ClN2+. The second-order valence-electron chi connectivity index (χ2n) is 7.03. The molecule has 20 heavy (non-hydrogen) atoms. The minimum absolute atomic E-state index is 0.0374. The van der Waals surface area contributed by atoms with Crippen LogP contribution in [0.5, 0.6) is 0 Å². The summed E-state index contributed by atoms with van der Waals surface area (Å²) in [5.41, 5.74) is 0.0374. The van der Waals surface area contributed by atoms with Crippen molar-refractivity contribution >= 4 is 11.8 Å². The third-order valence-electron chi connectivity index (χ3n) is 4.42. The van der Waals surface area contributed by atoms with Crippen LogP contribution in [0, 0.1) is 0 Å². The Morgan fingerprint density at radius 3 is 1.50 bits per heavy atom. The highest BCUT2D eigenvalue weighted by molar-refractivity contribution is 6.13. The van der Waals surface area contributed by atoms with Gasteiger partial charge in [0, 0.05) is 12.0 Å². The molecule has 0 rings (SSSR count). The third-order valence-corrected chi connectivity index (χ3v) is 4.94. The number of halogens is 1. The second-order valence-corrected chi connectivity index (χ2v) is 7.21. The van der Waals surface area contributed by atoms with Gasteiger partial charge in [0.15, 0.2) is 0 Å². The monoisotopic (exact) mass is 305 g/mol. The predicted molar refractivity (Wildman–Crippen MR) is 92.1 cm³/mol. The minimum atomic E-state index is 0.0374. The van der Waals surface area contributed by atoms with Crippen molar-refractivity contribution in [1.82, 2.24) is 4.84 Å². The van der Waals surface area contributed by atoms with Gasteiger partial charge in [-0.05, 0) is 44.9 Å². The van der Waals surface area contributed by atoms with E-state index in [0.29, 0.717) is 0 Å². The fourth-order valence-corrected chi connectivity index (χ4v) is 2.81. The van der Waals surface area contributed by atoms with Crippen molar-refractivity contribution in [1.29, 1.82) is 0 Å². The van der Waals surface area contributed by atoms with Crippen molar-refractivity contribution in [2.45, 2.75) is 85.1 Å². The fraction of sp³-hybridized carbons (Fsp3) is 1.00. The van der Waals surface area contributed by atoms with Gasteiger partial charge in [-0.2, -0.15) is 0 Å². The van der Waals surface area contributed by atoms with Crippen LogP contribution in [0.2, 0.25) is 0 Å². The molecule has 0 spiro atoms. The van der Waals surface area contributed by atoms with Crippen LogP contribution in [0.1, 0.15) is 79.6 Å². The number of hydrogen-bond donors (Lipinski definition) is 1. The molecule has 2 nitrogen and oxygen atoms in total. The smallest absolute Gasteiger partial charge is 0.0804 e. The number of rotatable bonds is 13. The zero-order valence-electron chi connectivity index (χ0n) is 14.6. The van der Waals surface area contributed by atoms with Gasteiger partial charge in [-0.1, -0.05) is 40.0 Å². The molecule has 0 unspecified atom stereocenters. The summed E-state index contributed by atoms with van der Waals surface area (Å²) in [4.78, 5) is 2.94. The van der Waals surface area contributed by atoms with Gasteiger partial charge in [0.1, 0.15) is 0 Å². The van der Waals surface area contributed by atoms with Gasteiger partial charge < -0.3 is 4.48 Å². The van der Waals surface area contributed by atoms with Crippen LogP contribution in [0.3, 0.4) is 0 Å². The zero-order valence-corrected chi connectivity index (χ0v) is 15.4. The number of quaternary nitrogens is 1. The molecule has 0 aliphatic heterocycles. The van der Waals surface area contributed by atoms with Crippen molar-refractivity contribution in [2.75, 3.05) is 26.2 Å². The maximum atomic E-state index is 5.88. The number of hydrogen-bond acceptors (Lipinski definition) is 1. The van der Waals surface area contributed by atoms with Gasteiger partial charge in [-0.15, -0.1) is 0 Å². The molecule has 0 atom stereocenters. The topological polar surface area (TPSA) is 12.0 Å². The highest BCUT2D eigenvalue weighted by Crippen LogP contribution is 2.20. The Morgan fingerprint density at radius 2 is 1.20 bits per heavy atom. The zero-order chi connectivity index (χ0) is 15.5. The van der Waals surface area contributed by atoms with E-state index in [0.717, 1.165) is 6.42 Å². The molecule has 0 aliphatic rings. The lowest BCUT2D eigenvalue weighted by Crippen LogP contribution is -2.53. The van der Waals surface area contributed by atoms with Crippen molar-refractivity contribution in [3.05, 3.63) is 0 Å². The molecule has 1 N–H and O–H groups in total. The highest BCUT2D eigenvalue weighted by atomic mass is 35.5. The van der Waals surface area contributed by atoms with Gasteiger partial charge in [0.2, 0.25) is 0 Å². The maximum Gasteiger partial charge on any atom is 0.0804 e. The van der Waals surface area contributed by atoms with Crippen molar-refractivity contribution < 1.29 is 4.48 Å². The van der Waals surface area contributed by atoms with E-state index in [1.54, 1.807) is 0 Å². The summed E-state index contributed by atoms with van der Waals surface area (Å²) in [6, 6.07) is 0. The molecule has 0 aromatic carbocycles. The summed E-state index contributed by atoms with van der Waals surface area (Å²) < 4.78 is 1.30. The number of nitrogens with zero attached hydrogens (tertiary/aromatic N) is 1. The first-order valence-corrected chi connectivity index (χ1v) is 9.06. The number of unbranched alkanes of at least 4 members (excludes halogenated alkanes) is 3. The lowest BCUT2D eigenvalue weighted by molar-refractivity contribution is -0.929. The summed E-state index contributed by atoms with van der Waals surface area (Å²) in [6.45, 7) is 16.6. The van der Waals surface area contributed by atoms with E-state index >= 15 is 0 Å². The molecule has 0 saturated carbocycles. The van der Waals surface area contributed by atoms with Crippen LogP contribution < -0.4 is 4.84 Å². The van der Waals surface area contributed by atoms with Crippen LogP contribution in [0.4, 0.5) is 0 Å². The Balaban J connectivity index is 4.74. The van der Waals surface area contributed by atoms with Gasteiger partial charge in [0.25, 0.3) is 0 Å². The van der Waals surface area contributed by atoms with Crippen LogP contribution in [-0.4, -0.2) is 36.2 Å². The maximum absolute atomic E-state index is 5.88. The van der Waals surface area contributed by atoms with E-state index in [2.05, 4.69) is 39.5 Å². The third kappa shape index (κ3) is 8.49. The first kappa shape index (κ1) is 20.2. The fourth-order valence-electron chi connectivity index (χ4n) is 2.72. The van der Waals surface area contributed by atoms with Crippen LogP contribution >= 0.6 is 11.8 Å². The standard InChI is InChI=1S/C17H38ClN2/c1-6-9-13-20(14-10-7-2,15-11-8-3)16-12-17(4,5)19-18/h19H,6-16H2,1-5H3/q+1. The highest BCUT2D eigenvalue weighted by Gasteiger charge is 2.29. The van der Waals surface area contributed by atoms with Gasteiger partial charge in [-0.25, -0.2) is 4.84 Å². The molecule has 0 aromatic rings. The Hall–Kier alpha value is 0.210. The molecule has 0 aromatic heterocycles. The van der Waals surface area contributed by atoms with E-state index in [1.165, 1.54) is 69.2 Å². The van der Waals surface area contributed by atoms with E-state index in [1.807, 2.05) is 0 Å². The molecule has 0 radical (unpaired) electrons. The molecule has 0 amide bonds. The van der Waals surface area contributed by atoms with E-state index in [-0.39, 0.29) is 5.54 Å². The Kier molecular flexibility index (Phi) is 11.0. The van der Waals surface area contributed by atoms with Crippen molar-refractivity contribution in [3.8, 4) is 0 Å². The molecule has 0 bridgehead atoms. The lowest BCUT2D eigenvalue weighted by atomic mass is 10.00. The summed E-state index contributed by atoms with van der Waals surface area (Å²) in [5.74, 6) is 0. The largest absolute Gasteiger partial charge is 0.324 e.